The zero-order valence-corrected chi connectivity index (χ0v) is 15.8. The maximum Gasteiger partial charge on any atom is 0.270 e. The number of rotatable bonds is 6. The SMILES string of the molecule is COc1ccccc1NC(=O)C=NOCc1nc2sc(C)c(C)c2c(=O)[nH]1. The lowest BCUT2D eigenvalue weighted by atomic mass is 10.2. The third kappa shape index (κ3) is 4.14. The predicted octanol–water partition coefficient (Wildman–Crippen LogP) is 2.75. The van der Waals surface area contributed by atoms with E-state index in [4.69, 9.17) is 9.57 Å². The van der Waals surface area contributed by atoms with E-state index in [0.29, 0.717) is 27.5 Å². The average molecular weight is 386 g/mol. The van der Waals surface area contributed by atoms with Crippen LogP contribution in [0.25, 0.3) is 10.2 Å². The van der Waals surface area contributed by atoms with Crippen molar-refractivity contribution in [1.82, 2.24) is 9.97 Å². The van der Waals surface area contributed by atoms with Crippen LogP contribution in [0.15, 0.2) is 34.2 Å². The van der Waals surface area contributed by atoms with E-state index in [9.17, 15) is 9.59 Å². The number of carbonyl (C=O) groups is 1. The van der Waals surface area contributed by atoms with E-state index in [1.807, 2.05) is 13.8 Å². The number of para-hydroxylation sites is 2. The number of anilines is 1. The van der Waals surface area contributed by atoms with E-state index in [1.54, 1.807) is 24.3 Å². The molecule has 0 spiro atoms. The fraction of sp³-hybridized carbons (Fsp3) is 0.222. The molecule has 0 aliphatic heterocycles. The predicted molar refractivity (Wildman–Crippen MR) is 105 cm³/mol. The highest BCUT2D eigenvalue weighted by Crippen LogP contribution is 2.25. The van der Waals surface area contributed by atoms with Crippen LogP contribution < -0.4 is 15.6 Å². The molecule has 0 aliphatic carbocycles. The summed E-state index contributed by atoms with van der Waals surface area (Å²) < 4.78 is 5.15. The number of carbonyl (C=O) groups excluding carboxylic acids is 1. The van der Waals surface area contributed by atoms with Crippen LogP contribution in [0.4, 0.5) is 5.69 Å². The Kier molecular flexibility index (Phi) is 5.51. The minimum atomic E-state index is -0.471. The molecule has 140 valence electrons. The topological polar surface area (TPSA) is 106 Å². The van der Waals surface area contributed by atoms with Gasteiger partial charge in [0, 0.05) is 4.88 Å². The van der Waals surface area contributed by atoms with Gasteiger partial charge in [-0.1, -0.05) is 17.3 Å². The number of H-pyrrole nitrogens is 1. The number of thiophene rings is 1. The lowest BCUT2D eigenvalue weighted by Crippen LogP contribution is -2.14. The van der Waals surface area contributed by atoms with Crippen LogP contribution in [0.5, 0.6) is 5.75 Å². The molecule has 8 nitrogen and oxygen atoms in total. The van der Waals surface area contributed by atoms with Gasteiger partial charge in [0.15, 0.2) is 12.4 Å². The molecule has 1 aromatic carbocycles. The van der Waals surface area contributed by atoms with Crippen molar-refractivity contribution < 1.29 is 14.4 Å². The summed E-state index contributed by atoms with van der Waals surface area (Å²) in [5, 5.41) is 6.85. The van der Waals surface area contributed by atoms with Crippen LogP contribution in [-0.2, 0) is 16.2 Å². The Balaban J connectivity index is 1.61. The maximum atomic E-state index is 12.2. The molecule has 0 saturated carbocycles. The molecule has 3 aromatic rings. The summed E-state index contributed by atoms with van der Waals surface area (Å²) in [4.78, 5) is 37.9. The Morgan fingerprint density at radius 1 is 1.37 bits per heavy atom. The minimum absolute atomic E-state index is 0.0559. The van der Waals surface area contributed by atoms with Gasteiger partial charge in [0.1, 0.15) is 16.8 Å². The van der Waals surface area contributed by atoms with Gasteiger partial charge in [-0.2, -0.15) is 0 Å². The molecule has 0 fully saturated rings. The summed E-state index contributed by atoms with van der Waals surface area (Å²) in [5.74, 6) is 0.411. The molecule has 0 radical (unpaired) electrons. The Labute approximate surface area is 158 Å². The van der Waals surface area contributed by atoms with Gasteiger partial charge in [-0.25, -0.2) is 4.98 Å². The quantitative estimate of drug-likeness (QED) is 0.501. The van der Waals surface area contributed by atoms with E-state index in [2.05, 4.69) is 20.4 Å². The number of aryl methyl sites for hydroxylation is 2. The first kappa shape index (κ1) is 18.6. The molecule has 2 heterocycles. The molecule has 1 amide bonds. The van der Waals surface area contributed by atoms with Crippen molar-refractivity contribution in [2.75, 3.05) is 12.4 Å². The minimum Gasteiger partial charge on any atom is -0.495 e. The number of fused-ring (bicyclic) bond motifs is 1. The van der Waals surface area contributed by atoms with Crippen molar-refractivity contribution in [3.8, 4) is 5.75 Å². The normalized spacial score (nSPS) is 11.1. The smallest absolute Gasteiger partial charge is 0.270 e. The number of hydrogen-bond donors (Lipinski definition) is 2. The Morgan fingerprint density at radius 3 is 2.93 bits per heavy atom. The Hall–Kier alpha value is -3.20. The van der Waals surface area contributed by atoms with E-state index in [1.165, 1.54) is 18.4 Å². The van der Waals surface area contributed by atoms with Gasteiger partial charge in [0.25, 0.3) is 11.5 Å². The van der Waals surface area contributed by atoms with E-state index >= 15 is 0 Å². The van der Waals surface area contributed by atoms with Crippen molar-refractivity contribution in [2.45, 2.75) is 20.5 Å². The number of aromatic nitrogens is 2. The number of nitrogens with one attached hydrogen (secondary N) is 2. The molecule has 27 heavy (non-hydrogen) atoms. The summed E-state index contributed by atoms with van der Waals surface area (Å²) in [6.07, 6.45) is 1.00. The first-order valence-corrected chi connectivity index (χ1v) is 8.89. The van der Waals surface area contributed by atoms with Crippen LogP contribution in [0, 0.1) is 13.8 Å². The zero-order chi connectivity index (χ0) is 19.4. The van der Waals surface area contributed by atoms with Gasteiger partial charge >= 0.3 is 0 Å². The molecular weight excluding hydrogens is 368 g/mol. The summed E-state index contributed by atoms with van der Waals surface area (Å²) >= 11 is 1.45. The Morgan fingerprint density at radius 2 is 2.15 bits per heavy atom. The largest absolute Gasteiger partial charge is 0.495 e. The number of ether oxygens (including phenoxy) is 1. The second-order valence-electron chi connectivity index (χ2n) is 5.67. The van der Waals surface area contributed by atoms with Gasteiger partial charge in [0.05, 0.1) is 18.2 Å². The number of methoxy groups -OCH3 is 1. The van der Waals surface area contributed by atoms with Gasteiger partial charge < -0.3 is 19.9 Å². The zero-order valence-electron chi connectivity index (χ0n) is 15.0. The van der Waals surface area contributed by atoms with Crippen molar-refractivity contribution >= 4 is 39.4 Å². The summed E-state index contributed by atoms with van der Waals surface area (Å²) in [7, 11) is 1.52. The van der Waals surface area contributed by atoms with E-state index in [0.717, 1.165) is 16.7 Å². The maximum absolute atomic E-state index is 12.2. The Bertz CT molecular complexity index is 1070. The molecule has 0 aliphatic rings. The number of benzene rings is 1. The van der Waals surface area contributed by atoms with Crippen molar-refractivity contribution in [3.63, 3.8) is 0 Å². The fourth-order valence-electron chi connectivity index (χ4n) is 2.46. The van der Waals surface area contributed by atoms with Crippen LogP contribution in [-0.4, -0.2) is 29.2 Å². The molecule has 0 unspecified atom stereocenters. The van der Waals surface area contributed by atoms with Gasteiger partial charge in [-0.05, 0) is 31.5 Å². The fourth-order valence-corrected chi connectivity index (χ4v) is 3.51. The van der Waals surface area contributed by atoms with Crippen LogP contribution in [0.2, 0.25) is 0 Å². The molecule has 0 bridgehead atoms. The first-order valence-electron chi connectivity index (χ1n) is 8.08. The molecule has 0 atom stereocenters. The second-order valence-corrected chi connectivity index (χ2v) is 6.88. The number of nitrogens with zero attached hydrogens (tertiary/aromatic N) is 2. The third-order valence-corrected chi connectivity index (χ3v) is 5.00. The molecule has 3 rings (SSSR count). The molecule has 2 N–H and O–H groups in total. The van der Waals surface area contributed by atoms with E-state index < -0.39 is 5.91 Å². The molecule has 0 saturated heterocycles. The van der Waals surface area contributed by atoms with Crippen molar-refractivity contribution in [1.29, 1.82) is 0 Å². The second kappa shape index (κ2) is 8.00. The summed E-state index contributed by atoms with van der Waals surface area (Å²) in [5.41, 5.74) is 1.25. The highest BCUT2D eigenvalue weighted by Gasteiger charge is 2.12. The van der Waals surface area contributed by atoms with Crippen LogP contribution >= 0.6 is 11.3 Å². The number of aromatic amines is 1. The lowest BCUT2D eigenvalue weighted by molar-refractivity contribution is -0.110. The van der Waals surface area contributed by atoms with Crippen molar-refractivity contribution in [2.24, 2.45) is 5.16 Å². The van der Waals surface area contributed by atoms with Crippen LogP contribution in [0.3, 0.4) is 0 Å². The number of amides is 1. The molecular formula is C18H18N4O4S. The monoisotopic (exact) mass is 386 g/mol. The van der Waals surface area contributed by atoms with Gasteiger partial charge in [-0.3, -0.25) is 9.59 Å². The van der Waals surface area contributed by atoms with Gasteiger partial charge in [0.2, 0.25) is 0 Å². The van der Waals surface area contributed by atoms with Crippen LogP contribution in [0.1, 0.15) is 16.3 Å². The first-order chi connectivity index (χ1) is 13.0. The highest BCUT2D eigenvalue weighted by molar-refractivity contribution is 7.18. The standard InChI is InChI=1S/C18H18N4O4S/c1-10-11(2)27-18-16(10)17(24)21-14(22-18)9-26-19-8-15(23)20-12-6-4-5-7-13(12)25-3/h4-8H,9H2,1-3H3,(H,20,23)(H,21,22,24). The number of hydrogen-bond acceptors (Lipinski definition) is 7. The summed E-state index contributed by atoms with van der Waals surface area (Å²) in [6, 6.07) is 7.01. The highest BCUT2D eigenvalue weighted by atomic mass is 32.1. The average Bonchev–Trinajstić information content (AvgIpc) is 2.93. The van der Waals surface area contributed by atoms with Crippen molar-refractivity contribution in [3.05, 3.63) is 50.9 Å². The summed E-state index contributed by atoms with van der Waals surface area (Å²) in [6.45, 7) is 3.79. The molecule has 9 heteroatoms. The third-order valence-electron chi connectivity index (χ3n) is 3.90. The van der Waals surface area contributed by atoms with E-state index in [-0.39, 0.29) is 12.2 Å². The molecule has 2 aromatic heterocycles. The van der Waals surface area contributed by atoms with Gasteiger partial charge in [-0.15, -0.1) is 11.3 Å². The lowest BCUT2D eigenvalue weighted by Gasteiger charge is -2.07. The number of oxime groups is 1.